The van der Waals surface area contributed by atoms with Crippen LogP contribution in [0.5, 0.6) is 0 Å². The van der Waals surface area contributed by atoms with E-state index in [1.807, 2.05) is 0 Å². The highest BCUT2D eigenvalue weighted by Crippen LogP contribution is 2.27. The van der Waals surface area contributed by atoms with E-state index in [-0.39, 0.29) is 11.6 Å². The first-order chi connectivity index (χ1) is 7.33. The third kappa shape index (κ3) is 1.95. The third-order valence-corrected chi connectivity index (χ3v) is 2.53. The molecule has 2 rings (SSSR count). The monoisotopic (exact) mass is 207 g/mol. The van der Waals surface area contributed by atoms with Crippen molar-refractivity contribution in [1.29, 1.82) is 5.26 Å². The SMILES string of the molecule is N#Cc1ncnc(C2CCOCC2)c1F. The Labute approximate surface area is 86.7 Å². The van der Waals surface area contributed by atoms with Gasteiger partial charge in [-0.1, -0.05) is 0 Å². The molecule has 0 spiro atoms. The highest BCUT2D eigenvalue weighted by Gasteiger charge is 2.22. The molecule has 1 fully saturated rings. The molecule has 78 valence electrons. The van der Waals surface area contributed by atoms with Crippen LogP contribution in [-0.4, -0.2) is 23.2 Å². The Kier molecular flexibility index (Phi) is 2.88. The van der Waals surface area contributed by atoms with Crippen molar-refractivity contribution in [3.8, 4) is 6.07 Å². The standard InChI is InChI=1S/C10H10FN3O/c11-9-8(5-12)13-6-14-10(9)7-1-3-15-4-2-7/h6-7H,1-4H2. The average Bonchev–Trinajstić information content (AvgIpc) is 2.30. The highest BCUT2D eigenvalue weighted by atomic mass is 19.1. The first-order valence-electron chi connectivity index (χ1n) is 4.81. The molecule has 0 atom stereocenters. The van der Waals surface area contributed by atoms with Gasteiger partial charge in [0.15, 0.2) is 11.5 Å². The molecule has 5 heteroatoms. The van der Waals surface area contributed by atoms with E-state index in [9.17, 15) is 4.39 Å². The summed E-state index contributed by atoms with van der Waals surface area (Å²) in [7, 11) is 0. The molecule has 0 N–H and O–H groups in total. The lowest BCUT2D eigenvalue weighted by Crippen LogP contribution is -2.17. The largest absolute Gasteiger partial charge is 0.381 e. The third-order valence-electron chi connectivity index (χ3n) is 2.53. The molecule has 0 bridgehead atoms. The molecule has 1 aromatic rings. The van der Waals surface area contributed by atoms with Gasteiger partial charge in [0, 0.05) is 19.1 Å². The molecule has 0 aromatic carbocycles. The van der Waals surface area contributed by atoms with E-state index < -0.39 is 5.82 Å². The van der Waals surface area contributed by atoms with Gasteiger partial charge in [0.1, 0.15) is 12.4 Å². The smallest absolute Gasteiger partial charge is 0.181 e. The number of hydrogen-bond donors (Lipinski definition) is 0. The second-order valence-corrected chi connectivity index (χ2v) is 3.42. The molecule has 2 heterocycles. The maximum Gasteiger partial charge on any atom is 0.181 e. The highest BCUT2D eigenvalue weighted by molar-refractivity contribution is 5.25. The Bertz CT molecular complexity index is 396. The molecule has 15 heavy (non-hydrogen) atoms. The van der Waals surface area contributed by atoms with Gasteiger partial charge >= 0.3 is 0 Å². The second kappa shape index (κ2) is 4.32. The summed E-state index contributed by atoms with van der Waals surface area (Å²) in [5.74, 6) is -0.527. The molecule has 0 radical (unpaired) electrons. The maximum atomic E-state index is 13.7. The summed E-state index contributed by atoms with van der Waals surface area (Å²) in [5.41, 5.74) is 0.177. The lowest BCUT2D eigenvalue weighted by atomic mass is 9.95. The first kappa shape index (κ1) is 9.99. The maximum absolute atomic E-state index is 13.7. The van der Waals surface area contributed by atoms with Crippen LogP contribution in [0.3, 0.4) is 0 Å². The minimum atomic E-state index is -0.577. The number of halogens is 1. The lowest BCUT2D eigenvalue weighted by Gasteiger charge is -2.21. The Morgan fingerprint density at radius 2 is 2.13 bits per heavy atom. The fraction of sp³-hybridized carbons (Fsp3) is 0.500. The second-order valence-electron chi connectivity index (χ2n) is 3.42. The zero-order valence-corrected chi connectivity index (χ0v) is 8.11. The van der Waals surface area contributed by atoms with Crippen LogP contribution in [0, 0.1) is 17.1 Å². The van der Waals surface area contributed by atoms with Gasteiger partial charge in [-0.3, -0.25) is 0 Å². The van der Waals surface area contributed by atoms with Crippen molar-refractivity contribution in [1.82, 2.24) is 9.97 Å². The Hall–Kier alpha value is -1.54. The van der Waals surface area contributed by atoms with E-state index in [0.717, 1.165) is 12.8 Å². The topological polar surface area (TPSA) is 58.8 Å². The summed E-state index contributed by atoms with van der Waals surface area (Å²) in [5, 5.41) is 8.64. The van der Waals surface area contributed by atoms with E-state index in [1.54, 1.807) is 6.07 Å². The Morgan fingerprint density at radius 1 is 1.40 bits per heavy atom. The fourth-order valence-corrected chi connectivity index (χ4v) is 1.72. The van der Waals surface area contributed by atoms with Crippen molar-refractivity contribution in [2.45, 2.75) is 18.8 Å². The van der Waals surface area contributed by atoms with Gasteiger partial charge in [-0.25, -0.2) is 14.4 Å². The number of nitriles is 1. The molecule has 1 aliphatic heterocycles. The van der Waals surface area contributed by atoms with Crippen LogP contribution in [0.15, 0.2) is 6.33 Å². The number of hydrogen-bond acceptors (Lipinski definition) is 4. The van der Waals surface area contributed by atoms with Crippen LogP contribution in [0.2, 0.25) is 0 Å². The van der Waals surface area contributed by atoms with Gasteiger partial charge in [-0.05, 0) is 12.8 Å². The molecule has 0 amide bonds. The van der Waals surface area contributed by atoms with E-state index >= 15 is 0 Å². The minimum Gasteiger partial charge on any atom is -0.381 e. The normalized spacial score (nSPS) is 17.3. The predicted molar refractivity (Wildman–Crippen MR) is 49.5 cm³/mol. The predicted octanol–water partition coefficient (Wildman–Crippen LogP) is 1.38. The van der Waals surface area contributed by atoms with Crippen LogP contribution in [0.4, 0.5) is 4.39 Å². The zero-order valence-electron chi connectivity index (χ0n) is 8.11. The number of rotatable bonds is 1. The van der Waals surface area contributed by atoms with Gasteiger partial charge in [-0.15, -0.1) is 0 Å². The molecule has 0 saturated carbocycles. The van der Waals surface area contributed by atoms with Crippen molar-refractivity contribution in [2.75, 3.05) is 13.2 Å². The molecule has 4 nitrogen and oxygen atoms in total. The van der Waals surface area contributed by atoms with E-state index in [0.29, 0.717) is 18.9 Å². The summed E-state index contributed by atoms with van der Waals surface area (Å²) < 4.78 is 18.9. The van der Waals surface area contributed by atoms with Gasteiger partial charge in [0.25, 0.3) is 0 Å². The summed E-state index contributed by atoms with van der Waals surface area (Å²) in [4.78, 5) is 7.49. The van der Waals surface area contributed by atoms with Crippen LogP contribution in [-0.2, 0) is 4.74 Å². The molecule has 0 aliphatic carbocycles. The van der Waals surface area contributed by atoms with Gasteiger partial charge < -0.3 is 4.74 Å². The van der Waals surface area contributed by atoms with Crippen molar-refractivity contribution >= 4 is 0 Å². The Balaban J connectivity index is 2.31. The lowest BCUT2D eigenvalue weighted by molar-refractivity contribution is 0.0836. The van der Waals surface area contributed by atoms with Gasteiger partial charge in [-0.2, -0.15) is 5.26 Å². The number of nitrogens with zero attached hydrogens (tertiary/aromatic N) is 3. The molecule has 1 aromatic heterocycles. The quantitative estimate of drug-likeness (QED) is 0.698. The molecular formula is C10H10FN3O. The minimum absolute atomic E-state index is 0.0499. The molecular weight excluding hydrogens is 197 g/mol. The van der Waals surface area contributed by atoms with Crippen LogP contribution >= 0.6 is 0 Å². The summed E-state index contributed by atoms with van der Waals surface area (Å²) in [6, 6.07) is 1.72. The molecule has 1 saturated heterocycles. The van der Waals surface area contributed by atoms with Crippen LogP contribution in [0.1, 0.15) is 30.1 Å². The van der Waals surface area contributed by atoms with Crippen molar-refractivity contribution in [2.24, 2.45) is 0 Å². The Morgan fingerprint density at radius 3 is 2.80 bits per heavy atom. The van der Waals surface area contributed by atoms with Crippen molar-refractivity contribution in [3.05, 3.63) is 23.5 Å². The number of aromatic nitrogens is 2. The van der Waals surface area contributed by atoms with Crippen LogP contribution in [0.25, 0.3) is 0 Å². The van der Waals surface area contributed by atoms with Gasteiger partial charge in [0.2, 0.25) is 0 Å². The van der Waals surface area contributed by atoms with Gasteiger partial charge in [0.05, 0.1) is 5.69 Å². The van der Waals surface area contributed by atoms with E-state index in [2.05, 4.69) is 9.97 Å². The zero-order chi connectivity index (χ0) is 10.7. The average molecular weight is 207 g/mol. The first-order valence-corrected chi connectivity index (χ1v) is 4.81. The summed E-state index contributed by atoms with van der Waals surface area (Å²) in [6.07, 6.45) is 2.74. The van der Waals surface area contributed by atoms with E-state index in [1.165, 1.54) is 6.33 Å². The summed E-state index contributed by atoms with van der Waals surface area (Å²) >= 11 is 0. The van der Waals surface area contributed by atoms with E-state index in [4.69, 9.17) is 10.00 Å². The molecule has 0 unspecified atom stereocenters. The van der Waals surface area contributed by atoms with Crippen molar-refractivity contribution < 1.29 is 9.13 Å². The number of ether oxygens (including phenoxy) is 1. The van der Waals surface area contributed by atoms with Crippen LogP contribution < -0.4 is 0 Å². The molecule has 1 aliphatic rings. The van der Waals surface area contributed by atoms with Crippen molar-refractivity contribution in [3.63, 3.8) is 0 Å². The summed E-state index contributed by atoms with van der Waals surface area (Å²) in [6.45, 7) is 1.24. The fourth-order valence-electron chi connectivity index (χ4n) is 1.72.